The van der Waals surface area contributed by atoms with Crippen LogP contribution in [0.2, 0.25) is 0 Å². The lowest BCUT2D eigenvalue weighted by atomic mass is 9.94. The third-order valence-corrected chi connectivity index (χ3v) is 7.21. The van der Waals surface area contributed by atoms with Crippen molar-refractivity contribution in [3.8, 4) is 0 Å². The summed E-state index contributed by atoms with van der Waals surface area (Å²) >= 11 is 0. The molecule has 1 saturated heterocycles. The highest BCUT2D eigenvalue weighted by atomic mass is 32.5. The number of rotatable bonds is 6. The van der Waals surface area contributed by atoms with Crippen molar-refractivity contribution >= 4 is 10.2 Å². The summed E-state index contributed by atoms with van der Waals surface area (Å²) in [7, 11) is -7.51. The van der Waals surface area contributed by atoms with Crippen molar-refractivity contribution < 1.29 is 19.4 Å². The second-order valence-corrected chi connectivity index (χ2v) is 10.5. The van der Waals surface area contributed by atoms with Crippen LogP contribution >= 0.6 is 10.2 Å². The molecule has 156 valence electrons. The van der Waals surface area contributed by atoms with Crippen molar-refractivity contribution in [3.05, 3.63) is 29.8 Å². The zero-order chi connectivity index (χ0) is 20.1. The molecule has 0 aromatic heterocycles. The van der Waals surface area contributed by atoms with Crippen molar-refractivity contribution in [1.82, 2.24) is 9.80 Å². The third-order valence-electron chi connectivity index (χ3n) is 6.05. The molecule has 1 aromatic carbocycles. The average Bonchev–Trinajstić information content (AvgIpc) is 3.39. The Morgan fingerprint density at radius 1 is 0.926 bits per heavy atom. The molecule has 8 heteroatoms. The predicted octanol–water partition coefficient (Wildman–Crippen LogP) is 6.60. The number of likely N-dealkylation sites (N-methyl/N-ethyl adjacent to an activating group) is 1. The van der Waals surface area contributed by atoms with Gasteiger partial charge in [0.1, 0.15) is 4.90 Å². The van der Waals surface area contributed by atoms with Gasteiger partial charge in [-0.15, -0.1) is 0 Å². The smallest absolute Gasteiger partial charge is 0.301 e. The zero-order valence-electron chi connectivity index (χ0n) is 16.1. The maximum Gasteiger partial charge on any atom is 0.310 e. The summed E-state index contributed by atoms with van der Waals surface area (Å²) in [6, 6.07) is 4.40. The van der Waals surface area contributed by atoms with E-state index in [0.29, 0.717) is 30.1 Å². The van der Waals surface area contributed by atoms with Crippen LogP contribution in [0.4, 0.5) is 19.4 Å². The molecule has 2 fully saturated rings. The number of nitrogens with zero attached hydrogens (tertiary/aromatic N) is 2. The molecule has 0 amide bonds. The van der Waals surface area contributed by atoms with Crippen molar-refractivity contribution in [2.24, 2.45) is 5.92 Å². The SMILES string of the molecule is CC[C@H]1CN([C@@H](c2ccc(S(F)(F)(F)(F)F)cc2)C2CC2)[C@H](CC)CN1C. The van der Waals surface area contributed by atoms with Crippen LogP contribution in [0, 0.1) is 5.92 Å². The summed E-state index contributed by atoms with van der Waals surface area (Å²) in [5.74, 6) is 0.394. The number of benzene rings is 1. The lowest BCUT2D eigenvalue weighted by Gasteiger charge is -2.48. The Kier molecular flexibility index (Phi) is 4.88. The molecule has 27 heavy (non-hydrogen) atoms. The van der Waals surface area contributed by atoms with E-state index in [0.717, 1.165) is 44.3 Å². The highest BCUT2D eigenvalue weighted by Gasteiger charge is 2.65. The molecule has 1 saturated carbocycles. The van der Waals surface area contributed by atoms with E-state index in [1.807, 2.05) is 0 Å². The molecule has 3 atom stereocenters. The summed E-state index contributed by atoms with van der Waals surface area (Å²) in [5, 5.41) is 0. The molecule has 1 aliphatic heterocycles. The van der Waals surface area contributed by atoms with E-state index in [4.69, 9.17) is 0 Å². The minimum Gasteiger partial charge on any atom is -0.301 e. The van der Waals surface area contributed by atoms with Crippen LogP contribution in [0.25, 0.3) is 0 Å². The Morgan fingerprint density at radius 2 is 1.48 bits per heavy atom. The maximum atomic E-state index is 13.0. The molecule has 3 rings (SSSR count). The largest absolute Gasteiger partial charge is 0.310 e. The van der Waals surface area contributed by atoms with Gasteiger partial charge in [0.15, 0.2) is 0 Å². The second-order valence-electron chi connectivity index (χ2n) is 8.08. The van der Waals surface area contributed by atoms with Gasteiger partial charge in [-0.25, -0.2) is 0 Å². The molecule has 0 unspecified atom stereocenters. The minimum atomic E-state index is -9.62. The summed E-state index contributed by atoms with van der Waals surface area (Å²) in [4.78, 5) is 2.97. The first-order valence-corrected chi connectivity index (χ1v) is 11.6. The van der Waals surface area contributed by atoms with Crippen molar-refractivity contribution in [2.45, 2.75) is 62.6 Å². The van der Waals surface area contributed by atoms with Gasteiger partial charge in [-0.3, -0.25) is 4.90 Å². The van der Waals surface area contributed by atoms with E-state index in [1.165, 1.54) is 12.1 Å². The zero-order valence-corrected chi connectivity index (χ0v) is 16.9. The average molecular weight is 413 g/mol. The van der Waals surface area contributed by atoms with E-state index < -0.39 is 15.1 Å². The monoisotopic (exact) mass is 412 g/mol. The van der Waals surface area contributed by atoms with Crippen molar-refractivity contribution in [2.75, 3.05) is 20.1 Å². The molecule has 1 heterocycles. The second kappa shape index (κ2) is 6.32. The first kappa shape index (κ1) is 20.9. The van der Waals surface area contributed by atoms with Gasteiger partial charge in [-0.1, -0.05) is 45.4 Å². The Bertz CT molecular complexity index is 672. The molecule has 0 bridgehead atoms. The fourth-order valence-corrected chi connectivity index (χ4v) is 4.98. The van der Waals surface area contributed by atoms with Crippen LogP contribution in [0.5, 0.6) is 0 Å². The third kappa shape index (κ3) is 4.59. The summed E-state index contributed by atoms with van der Waals surface area (Å²) in [5.41, 5.74) is 0.723. The van der Waals surface area contributed by atoms with Crippen molar-refractivity contribution in [3.63, 3.8) is 0 Å². The van der Waals surface area contributed by atoms with Crippen LogP contribution in [0.3, 0.4) is 0 Å². The number of halogens is 5. The first-order chi connectivity index (χ1) is 12.3. The van der Waals surface area contributed by atoms with Gasteiger partial charge in [-0.05, 0) is 56.3 Å². The van der Waals surface area contributed by atoms with Gasteiger partial charge < -0.3 is 4.90 Å². The fraction of sp³-hybridized carbons (Fsp3) is 0.684. The summed E-state index contributed by atoms with van der Waals surface area (Å²) < 4.78 is 65.2. The number of piperazine rings is 1. The minimum absolute atomic E-state index is 0.00488. The van der Waals surface area contributed by atoms with Crippen LogP contribution in [-0.2, 0) is 0 Å². The topological polar surface area (TPSA) is 6.48 Å². The van der Waals surface area contributed by atoms with E-state index >= 15 is 0 Å². The Labute approximate surface area is 158 Å². The van der Waals surface area contributed by atoms with Crippen molar-refractivity contribution in [1.29, 1.82) is 0 Å². The Morgan fingerprint density at radius 3 is 1.93 bits per heavy atom. The maximum absolute atomic E-state index is 13.0. The highest BCUT2D eigenvalue weighted by Crippen LogP contribution is 3.02. The molecule has 0 spiro atoms. The van der Waals surface area contributed by atoms with Crippen LogP contribution in [0.1, 0.15) is 51.1 Å². The predicted molar refractivity (Wildman–Crippen MR) is 101 cm³/mol. The van der Waals surface area contributed by atoms with Crippen LogP contribution in [-0.4, -0.2) is 42.0 Å². The standard InChI is InChI=1S/C19H29F5N2S/c1-4-16-13-26(17(5-2)12-25(16)3)19(14-6-7-14)15-8-10-18(11-9-15)27(20,21,22,23)24/h8-11,14,16-17,19H,4-7,12-13H2,1-3H3/t16-,17+,19+/m0/s1. The van der Waals surface area contributed by atoms with Crippen LogP contribution in [0.15, 0.2) is 29.2 Å². The van der Waals surface area contributed by atoms with Gasteiger partial charge in [0.05, 0.1) is 0 Å². The molecule has 0 radical (unpaired) electrons. The van der Waals surface area contributed by atoms with E-state index in [-0.39, 0.29) is 6.04 Å². The molecule has 0 N–H and O–H groups in total. The number of hydrogen-bond donors (Lipinski definition) is 0. The van der Waals surface area contributed by atoms with Gasteiger partial charge in [0.25, 0.3) is 0 Å². The van der Waals surface area contributed by atoms with E-state index in [2.05, 4.69) is 30.7 Å². The molecular formula is C19H29F5N2S. The number of hydrogen-bond acceptors (Lipinski definition) is 2. The molecule has 1 aromatic rings. The highest BCUT2D eigenvalue weighted by molar-refractivity contribution is 8.45. The van der Waals surface area contributed by atoms with Gasteiger partial charge in [-0.2, -0.15) is 0 Å². The first-order valence-electron chi connectivity index (χ1n) is 9.64. The lowest BCUT2D eigenvalue weighted by molar-refractivity contribution is 0.00395. The van der Waals surface area contributed by atoms with Gasteiger partial charge >= 0.3 is 10.2 Å². The molecule has 2 nitrogen and oxygen atoms in total. The van der Waals surface area contributed by atoms with Gasteiger partial charge in [0.2, 0.25) is 0 Å². The van der Waals surface area contributed by atoms with Crippen LogP contribution < -0.4 is 0 Å². The quantitative estimate of drug-likeness (QED) is 0.486. The Balaban J connectivity index is 1.92. The van der Waals surface area contributed by atoms with Gasteiger partial charge in [0, 0.05) is 31.2 Å². The lowest BCUT2D eigenvalue weighted by Crippen LogP contribution is -2.57. The van der Waals surface area contributed by atoms with E-state index in [9.17, 15) is 19.4 Å². The fourth-order valence-electron chi connectivity index (χ4n) is 4.33. The Hall–Kier alpha value is -0.860. The summed E-state index contributed by atoms with van der Waals surface area (Å²) in [6.45, 7) is 6.04. The van der Waals surface area contributed by atoms with E-state index in [1.54, 1.807) is 0 Å². The molecular weight excluding hydrogens is 383 g/mol. The molecule has 2 aliphatic rings. The summed E-state index contributed by atoms with van der Waals surface area (Å²) in [6.07, 6.45) is 4.03. The normalized spacial score (nSPS) is 29.2. The molecule has 1 aliphatic carbocycles.